The summed E-state index contributed by atoms with van der Waals surface area (Å²) < 4.78 is 0. The summed E-state index contributed by atoms with van der Waals surface area (Å²) in [7, 11) is 0. The van der Waals surface area contributed by atoms with Gasteiger partial charge in [-0.1, -0.05) is 5.21 Å². The van der Waals surface area contributed by atoms with Gasteiger partial charge < -0.3 is 10.3 Å². The zero-order valence-electron chi connectivity index (χ0n) is 7.93. The Morgan fingerprint density at radius 2 is 2.40 bits per heavy atom. The zero-order valence-corrected chi connectivity index (χ0v) is 7.93. The van der Waals surface area contributed by atoms with Crippen LogP contribution >= 0.6 is 0 Å². The van der Waals surface area contributed by atoms with Gasteiger partial charge in [0.05, 0.1) is 12.4 Å². The van der Waals surface area contributed by atoms with Gasteiger partial charge in [-0.15, -0.1) is 10.2 Å². The van der Waals surface area contributed by atoms with Crippen LogP contribution in [0.2, 0.25) is 0 Å². The van der Waals surface area contributed by atoms with Gasteiger partial charge in [0.25, 0.3) is 5.56 Å². The molecule has 0 saturated carbocycles. The number of tetrazole rings is 1. The summed E-state index contributed by atoms with van der Waals surface area (Å²) in [4.78, 5) is 17.3. The smallest absolute Gasteiger partial charge is 0.252 e. The first-order valence-electron chi connectivity index (χ1n) is 4.30. The van der Waals surface area contributed by atoms with Crippen molar-refractivity contribution in [2.45, 2.75) is 13.0 Å². The van der Waals surface area contributed by atoms with Crippen LogP contribution in [-0.4, -0.2) is 30.6 Å². The van der Waals surface area contributed by atoms with Crippen LogP contribution in [-0.2, 0) is 0 Å². The number of nitrogens with one attached hydrogen (secondary N) is 3. The molecule has 8 nitrogen and oxygen atoms in total. The van der Waals surface area contributed by atoms with Gasteiger partial charge in [0.1, 0.15) is 5.82 Å². The highest BCUT2D eigenvalue weighted by atomic mass is 16.1. The lowest BCUT2D eigenvalue weighted by Gasteiger charge is -2.09. The lowest BCUT2D eigenvalue weighted by atomic mass is 10.3. The third kappa shape index (κ3) is 2.16. The highest BCUT2D eigenvalue weighted by molar-refractivity contribution is 5.33. The molecular formula is C7H9N7O. The standard InChI is InChI=1S/C7H9N7O/c1-4(7-11-13-14-12-7)10-5-2-6(15)9-3-8-5/h2-4H,1H3,(H2,8,9,10,15)(H,11,12,13,14). The summed E-state index contributed by atoms with van der Waals surface area (Å²) in [6.07, 6.45) is 1.33. The van der Waals surface area contributed by atoms with Gasteiger partial charge in [-0.25, -0.2) is 4.98 Å². The van der Waals surface area contributed by atoms with E-state index in [4.69, 9.17) is 0 Å². The molecule has 15 heavy (non-hydrogen) atoms. The summed E-state index contributed by atoms with van der Waals surface area (Å²) in [6.45, 7) is 1.84. The fraction of sp³-hybridized carbons (Fsp3) is 0.286. The number of aromatic amines is 2. The van der Waals surface area contributed by atoms with E-state index in [0.29, 0.717) is 11.6 Å². The van der Waals surface area contributed by atoms with Crippen LogP contribution in [0.4, 0.5) is 5.82 Å². The second-order valence-corrected chi connectivity index (χ2v) is 2.93. The van der Waals surface area contributed by atoms with Crippen molar-refractivity contribution in [2.24, 2.45) is 0 Å². The molecule has 2 aromatic rings. The van der Waals surface area contributed by atoms with Crippen molar-refractivity contribution < 1.29 is 0 Å². The van der Waals surface area contributed by atoms with E-state index in [-0.39, 0.29) is 11.6 Å². The highest BCUT2D eigenvalue weighted by Gasteiger charge is 2.10. The molecule has 0 radical (unpaired) electrons. The maximum absolute atomic E-state index is 11.0. The first kappa shape index (κ1) is 9.31. The Labute approximate surface area is 84.1 Å². The quantitative estimate of drug-likeness (QED) is 0.622. The molecule has 0 saturated heterocycles. The number of rotatable bonds is 3. The van der Waals surface area contributed by atoms with Crippen molar-refractivity contribution in [1.82, 2.24) is 30.6 Å². The zero-order chi connectivity index (χ0) is 10.7. The van der Waals surface area contributed by atoms with Gasteiger partial charge in [0, 0.05) is 6.07 Å². The molecule has 78 valence electrons. The summed E-state index contributed by atoms with van der Waals surface area (Å²) in [5.74, 6) is 0.980. The molecule has 0 aliphatic carbocycles. The Morgan fingerprint density at radius 3 is 3.07 bits per heavy atom. The van der Waals surface area contributed by atoms with Gasteiger partial charge in [0.2, 0.25) is 0 Å². The van der Waals surface area contributed by atoms with E-state index in [1.54, 1.807) is 0 Å². The van der Waals surface area contributed by atoms with Crippen molar-refractivity contribution in [1.29, 1.82) is 0 Å². The molecule has 0 bridgehead atoms. The van der Waals surface area contributed by atoms with Crippen LogP contribution in [0.15, 0.2) is 17.2 Å². The molecule has 2 heterocycles. The Kier molecular flexibility index (Phi) is 2.40. The van der Waals surface area contributed by atoms with E-state index in [9.17, 15) is 4.79 Å². The molecule has 2 aromatic heterocycles. The van der Waals surface area contributed by atoms with Crippen molar-refractivity contribution in [3.05, 3.63) is 28.6 Å². The largest absolute Gasteiger partial charge is 0.360 e. The number of nitrogens with zero attached hydrogens (tertiary/aromatic N) is 4. The molecule has 0 aliphatic heterocycles. The number of aromatic nitrogens is 6. The summed E-state index contributed by atoms with van der Waals surface area (Å²) in [5, 5.41) is 16.4. The Bertz CT molecular complexity index is 476. The maximum atomic E-state index is 11.0. The Balaban J connectivity index is 2.12. The monoisotopic (exact) mass is 207 g/mol. The van der Waals surface area contributed by atoms with Crippen LogP contribution in [0.5, 0.6) is 0 Å². The lowest BCUT2D eigenvalue weighted by Crippen LogP contribution is -2.13. The molecule has 0 amide bonds. The second-order valence-electron chi connectivity index (χ2n) is 2.93. The molecule has 0 spiro atoms. The van der Waals surface area contributed by atoms with E-state index in [1.165, 1.54) is 12.4 Å². The lowest BCUT2D eigenvalue weighted by molar-refractivity contribution is 0.786. The van der Waals surface area contributed by atoms with Crippen molar-refractivity contribution in [3.63, 3.8) is 0 Å². The average Bonchev–Trinajstić information content (AvgIpc) is 2.70. The van der Waals surface area contributed by atoms with Crippen molar-refractivity contribution >= 4 is 5.82 Å². The van der Waals surface area contributed by atoms with Crippen LogP contribution in [0.25, 0.3) is 0 Å². The van der Waals surface area contributed by atoms with Crippen LogP contribution in [0, 0.1) is 0 Å². The van der Waals surface area contributed by atoms with E-state index in [1.807, 2.05) is 6.92 Å². The van der Waals surface area contributed by atoms with Gasteiger partial charge in [0.15, 0.2) is 5.82 Å². The van der Waals surface area contributed by atoms with E-state index >= 15 is 0 Å². The van der Waals surface area contributed by atoms with Gasteiger partial charge >= 0.3 is 0 Å². The molecule has 3 N–H and O–H groups in total. The molecule has 0 aromatic carbocycles. The summed E-state index contributed by atoms with van der Waals surface area (Å²) >= 11 is 0. The molecule has 2 rings (SSSR count). The van der Waals surface area contributed by atoms with E-state index in [2.05, 4.69) is 35.9 Å². The summed E-state index contributed by atoms with van der Waals surface area (Å²) in [5.41, 5.74) is -0.215. The van der Waals surface area contributed by atoms with Crippen LogP contribution in [0.3, 0.4) is 0 Å². The first-order valence-corrected chi connectivity index (χ1v) is 4.30. The van der Waals surface area contributed by atoms with E-state index < -0.39 is 0 Å². The molecule has 8 heteroatoms. The first-order chi connectivity index (χ1) is 7.25. The maximum Gasteiger partial charge on any atom is 0.252 e. The van der Waals surface area contributed by atoms with E-state index in [0.717, 1.165) is 0 Å². The summed E-state index contributed by atoms with van der Waals surface area (Å²) in [6, 6.07) is 1.19. The van der Waals surface area contributed by atoms with Gasteiger partial charge in [-0.2, -0.15) is 5.21 Å². The topological polar surface area (TPSA) is 112 Å². The van der Waals surface area contributed by atoms with Crippen molar-refractivity contribution in [2.75, 3.05) is 5.32 Å². The molecule has 1 atom stereocenters. The van der Waals surface area contributed by atoms with Crippen LogP contribution < -0.4 is 10.9 Å². The Hall–Kier alpha value is -2.25. The molecular weight excluding hydrogens is 198 g/mol. The van der Waals surface area contributed by atoms with Gasteiger partial charge in [-0.3, -0.25) is 4.79 Å². The second kappa shape index (κ2) is 3.86. The minimum absolute atomic E-state index is 0.168. The predicted octanol–water partition coefficient (Wildman–Crippen LogP) is -0.544. The van der Waals surface area contributed by atoms with Crippen molar-refractivity contribution in [3.8, 4) is 0 Å². The predicted molar refractivity (Wildman–Crippen MR) is 51.1 cm³/mol. The average molecular weight is 207 g/mol. The molecule has 1 unspecified atom stereocenters. The Morgan fingerprint density at radius 1 is 1.53 bits per heavy atom. The third-order valence-electron chi connectivity index (χ3n) is 1.79. The molecule has 0 aliphatic rings. The molecule has 0 fully saturated rings. The number of hydrogen-bond acceptors (Lipinski definition) is 6. The third-order valence-corrected chi connectivity index (χ3v) is 1.79. The SMILES string of the molecule is CC(Nc1cc(=O)[nH]cn1)c1nn[nH]n1. The van der Waals surface area contributed by atoms with Crippen LogP contribution in [0.1, 0.15) is 18.8 Å². The fourth-order valence-corrected chi connectivity index (χ4v) is 1.09. The minimum Gasteiger partial charge on any atom is -0.360 e. The minimum atomic E-state index is -0.215. The normalized spacial score (nSPS) is 12.3. The van der Waals surface area contributed by atoms with Gasteiger partial charge in [-0.05, 0) is 6.92 Å². The highest BCUT2D eigenvalue weighted by Crippen LogP contribution is 2.10. The number of H-pyrrole nitrogens is 2. The fourth-order valence-electron chi connectivity index (χ4n) is 1.09. The number of anilines is 1. The number of hydrogen-bond donors (Lipinski definition) is 3.